The van der Waals surface area contributed by atoms with Crippen LogP contribution in [0.2, 0.25) is 0 Å². The number of rotatable bonds is 9. The molecule has 0 spiro atoms. The van der Waals surface area contributed by atoms with Crippen molar-refractivity contribution in [2.45, 2.75) is 5.75 Å². The summed E-state index contributed by atoms with van der Waals surface area (Å²) >= 11 is 0. The molecule has 0 unspecified atom stereocenters. The molecule has 4 rings (SSSR count). The Kier molecular flexibility index (Phi) is 7.01. The van der Waals surface area contributed by atoms with Gasteiger partial charge in [0.05, 0.1) is 17.0 Å². The van der Waals surface area contributed by atoms with Gasteiger partial charge in [-0.25, -0.2) is 17.8 Å². The summed E-state index contributed by atoms with van der Waals surface area (Å²) in [5, 5.41) is 7.55. The fraction of sp³-hybridized carbons (Fsp3) is 0.0769. The number of nitrogens with one attached hydrogen (secondary N) is 2. The van der Waals surface area contributed by atoms with E-state index in [1.807, 2.05) is 60.7 Å². The second kappa shape index (κ2) is 10.3. The highest BCUT2D eigenvalue weighted by molar-refractivity contribution is 7.88. The molecule has 172 valence electrons. The van der Waals surface area contributed by atoms with E-state index in [1.54, 1.807) is 35.1 Å². The van der Waals surface area contributed by atoms with Crippen molar-refractivity contribution >= 4 is 21.6 Å². The summed E-state index contributed by atoms with van der Waals surface area (Å²) in [6, 6.07) is 25.8. The van der Waals surface area contributed by atoms with Gasteiger partial charge in [0.1, 0.15) is 5.69 Å². The number of hydrogen-bond donors (Lipinski definition) is 2. The molecule has 8 heteroatoms. The van der Waals surface area contributed by atoms with Gasteiger partial charge < -0.3 is 5.32 Å². The van der Waals surface area contributed by atoms with Crippen molar-refractivity contribution in [1.29, 1.82) is 0 Å². The summed E-state index contributed by atoms with van der Waals surface area (Å²) < 4.78 is 28.2. The third kappa shape index (κ3) is 5.67. The highest BCUT2D eigenvalue weighted by atomic mass is 32.2. The largest absolute Gasteiger partial charge is 0.322 e. The molecule has 1 amide bonds. The van der Waals surface area contributed by atoms with Crippen LogP contribution in [-0.4, -0.2) is 30.7 Å². The quantitative estimate of drug-likeness (QED) is 0.353. The Hall–Kier alpha value is -4.01. The molecule has 0 aliphatic rings. The number of hydrogen-bond acceptors (Lipinski definition) is 4. The van der Waals surface area contributed by atoms with Crippen LogP contribution < -0.4 is 10.0 Å². The van der Waals surface area contributed by atoms with Crippen molar-refractivity contribution in [2.24, 2.45) is 0 Å². The predicted molar refractivity (Wildman–Crippen MR) is 134 cm³/mol. The Bertz CT molecular complexity index is 1380. The van der Waals surface area contributed by atoms with E-state index in [1.165, 1.54) is 6.08 Å². The number of carbonyl (C=O) groups is 1. The first-order valence-corrected chi connectivity index (χ1v) is 12.3. The van der Waals surface area contributed by atoms with Gasteiger partial charge in [-0.05, 0) is 29.8 Å². The normalized spacial score (nSPS) is 11.2. The highest BCUT2D eigenvalue weighted by Gasteiger charge is 2.19. The monoisotopic (exact) mass is 472 g/mol. The summed E-state index contributed by atoms with van der Waals surface area (Å²) in [6.45, 7) is 3.68. The van der Waals surface area contributed by atoms with Crippen molar-refractivity contribution in [2.75, 3.05) is 11.9 Å². The lowest BCUT2D eigenvalue weighted by atomic mass is 10.1. The number of amides is 1. The summed E-state index contributed by atoms with van der Waals surface area (Å²) in [4.78, 5) is 13.2. The molecule has 0 aliphatic carbocycles. The van der Waals surface area contributed by atoms with Crippen LogP contribution in [0.1, 0.15) is 15.9 Å². The highest BCUT2D eigenvalue weighted by Crippen LogP contribution is 2.25. The first-order chi connectivity index (χ1) is 16.4. The van der Waals surface area contributed by atoms with E-state index in [4.69, 9.17) is 0 Å². The number of nitrogens with zero attached hydrogens (tertiary/aromatic N) is 2. The van der Waals surface area contributed by atoms with Crippen molar-refractivity contribution < 1.29 is 13.2 Å². The molecule has 0 aliphatic heterocycles. The van der Waals surface area contributed by atoms with Crippen molar-refractivity contribution in [1.82, 2.24) is 14.5 Å². The van der Waals surface area contributed by atoms with Crippen LogP contribution in [0.4, 0.5) is 5.69 Å². The SMILES string of the molecule is C=CCNS(=O)(=O)Cc1ccc(NC(=O)c2cn(-c3ccccc3)nc2-c2ccccc2)cc1. The Morgan fingerprint density at radius 1 is 0.941 bits per heavy atom. The van der Waals surface area contributed by atoms with E-state index in [9.17, 15) is 13.2 Å². The standard InChI is InChI=1S/C26H24N4O3S/c1-2-17-27-34(32,33)19-20-13-15-22(16-14-20)28-26(31)24-18-30(23-11-7-4-8-12-23)29-25(24)21-9-5-3-6-10-21/h2-16,18,27H,1,17,19H2,(H,28,31). The maximum Gasteiger partial charge on any atom is 0.259 e. The van der Waals surface area contributed by atoms with Crippen LogP contribution in [0.15, 0.2) is 104 Å². The topological polar surface area (TPSA) is 93.1 Å². The first kappa shape index (κ1) is 23.2. The third-order valence-electron chi connectivity index (χ3n) is 5.04. The first-order valence-electron chi connectivity index (χ1n) is 10.6. The van der Waals surface area contributed by atoms with E-state index < -0.39 is 10.0 Å². The fourth-order valence-corrected chi connectivity index (χ4v) is 4.51. The van der Waals surface area contributed by atoms with Gasteiger partial charge >= 0.3 is 0 Å². The van der Waals surface area contributed by atoms with E-state index in [-0.39, 0.29) is 18.2 Å². The van der Waals surface area contributed by atoms with Gasteiger partial charge in [0.15, 0.2) is 0 Å². The molecule has 1 aromatic heterocycles. The number of benzene rings is 3. The van der Waals surface area contributed by atoms with Gasteiger partial charge in [-0.3, -0.25) is 4.79 Å². The molecular formula is C26H24N4O3S. The lowest BCUT2D eigenvalue weighted by molar-refractivity contribution is 0.102. The number of anilines is 1. The zero-order chi connectivity index (χ0) is 24.0. The maximum absolute atomic E-state index is 13.2. The number of para-hydroxylation sites is 1. The molecule has 4 aromatic rings. The minimum Gasteiger partial charge on any atom is -0.322 e. The molecule has 3 aromatic carbocycles. The zero-order valence-corrected chi connectivity index (χ0v) is 19.2. The molecule has 7 nitrogen and oxygen atoms in total. The smallest absolute Gasteiger partial charge is 0.259 e. The number of carbonyl (C=O) groups excluding carboxylic acids is 1. The van der Waals surface area contributed by atoms with Crippen LogP contribution in [-0.2, 0) is 15.8 Å². The average Bonchev–Trinajstić information content (AvgIpc) is 3.31. The van der Waals surface area contributed by atoms with Gasteiger partial charge in [0.25, 0.3) is 5.91 Å². The molecule has 0 fully saturated rings. The van der Waals surface area contributed by atoms with E-state index >= 15 is 0 Å². The Morgan fingerprint density at radius 3 is 2.24 bits per heavy atom. The van der Waals surface area contributed by atoms with Crippen LogP contribution in [0, 0.1) is 0 Å². The molecular weight excluding hydrogens is 448 g/mol. The van der Waals surface area contributed by atoms with Gasteiger partial charge in [-0.2, -0.15) is 5.10 Å². The lowest BCUT2D eigenvalue weighted by Gasteiger charge is -2.08. The average molecular weight is 473 g/mol. The number of aromatic nitrogens is 2. The van der Waals surface area contributed by atoms with E-state index in [0.29, 0.717) is 22.5 Å². The summed E-state index contributed by atoms with van der Waals surface area (Å²) in [5.41, 5.74) is 3.82. The van der Waals surface area contributed by atoms with E-state index in [0.717, 1.165) is 11.3 Å². The van der Waals surface area contributed by atoms with Crippen LogP contribution in [0.25, 0.3) is 16.9 Å². The molecule has 0 saturated carbocycles. The number of sulfonamides is 1. The molecule has 0 saturated heterocycles. The summed E-state index contributed by atoms with van der Waals surface area (Å²) in [7, 11) is -3.46. The summed E-state index contributed by atoms with van der Waals surface area (Å²) in [6.07, 6.45) is 3.19. The lowest BCUT2D eigenvalue weighted by Crippen LogP contribution is -2.25. The minimum atomic E-state index is -3.46. The fourth-order valence-electron chi connectivity index (χ4n) is 3.40. The molecule has 0 radical (unpaired) electrons. The van der Waals surface area contributed by atoms with Crippen molar-refractivity contribution in [3.63, 3.8) is 0 Å². The van der Waals surface area contributed by atoms with E-state index in [2.05, 4.69) is 21.7 Å². The predicted octanol–water partition coefficient (Wildman–Crippen LogP) is 4.40. The van der Waals surface area contributed by atoms with Gasteiger partial charge in [0, 0.05) is 24.0 Å². The van der Waals surface area contributed by atoms with Crippen LogP contribution >= 0.6 is 0 Å². The van der Waals surface area contributed by atoms with Gasteiger partial charge in [0.2, 0.25) is 10.0 Å². The van der Waals surface area contributed by atoms with Crippen molar-refractivity contribution in [3.05, 3.63) is 115 Å². The van der Waals surface area contributed by atoms with Crippen LogP contribution in [0.3, 0.4) is 0 Å². The maximum atomic E-state index is 13.2. The van der Waals surface area contributed by atoms with Crippen molar-refractivity contribution in [3.8, 4) is 16.9 Å². The Morgan fingerprint density at radius 2 is 1.59 bits per heavy atom. The molecule has 1 heterocycles. The van der Waals surface area contributed by atoms with Gasteiger partial charge in [-0.15, -0.1) is 6.58 Å². The Balaban J connectivity index is 1.57. The van der Waals surface area contributed by atoms with Gasteiger partial charge in [-0.1, -0.05) is 66.7 Å². The Labute approximate surface area is 198 Å². The van der Waals surface area contributed by atoms with Crippen LogP contribution in [0.5, 0.6) is 0 Å². The second-order valence-corrected chi connectivity index (χ2v) is 9.39. The zero-order valence-electron chi connectivity index (χ0n) is 18.4. The second-order valence-electron chi connectivity index (χ2n) is 7.58. The summed E-state index contributed by atoms with van der Waals surface area (Å²) in [5.74, 6) is -0.467. The third-order valence-corrected chi connectivity index (χ3v) is 6.36. The molecule has 0 atom stereocenters. The molecule has 34 heavy (non-hydrogen) atoms. The molecule has 2 N–H and O–H groups in total. The molecule has 0 bridgehead atoms. The minimum absolute atomic E-state index is 0.156.